The first-order valence-electron chi connectivity index (χ1n) is 19.0. The van der Waals surface area contributed by atoms with Gasteiger partial charge < -0.3 is 9.47 Å². The Morgan fingerprint density at radius 2 is 0.909 bits per heavy atom. The molecule has 0 saturated heterocycles. The Morgan fingerprint density at radius 1 is 0.364 bits per heavy atom. The van der Waals surface area contributed by atoms with Crippen LogP contribution in [0, 0.1) is 0 Å². The van der Waals surface area contributed by atoms with Gasteiger partial charge in [-0.3, -0.25) is 0 Å². The van der Waals surface area contributed by atoms with Crippen LogP contribution in [0.15, 0.2) is 218 Å². The van der Waals surface area contributed by atoms with Crippen LogP contribution in [0.4, 0.5) is 11.4 Å². The van der Waals surface area contributed by atoms with Crippen LogP contribution >= 0.6 is 0 Å². The van der Waals surface area contributed by atoms with Crippen molar-refractivity contribution in [2.45, 2.75) is 6.54 Å². The van der Waals surface area contributed by atoms with E-state index in [2.05, 4.69) is 228 Å². The van der Waals surface area contributed by atoms with Gasteiger partial charge in [0.15, 0.2) is 0 Å². The van der Waals surface area contributed by atoms with Gasteiger partial charge in [-0.2, -0.15) is 0 Å². The van der Waals surface area contributed by atoms with Crippen LogP contribution in [0.2, 0.25) is 0 Å². The molecule has 260 valence electrons. The van der Waals surface area contributed by atoms with Gasteiger partial charge in [-0.1, -0.05) is 176 Å². The lowest BCUT2D eigenvalue weighted by atomic mass is 9.97. The molecule has 0 saturated carbocycles. The van der Waals surface area contributed by atoms with Crippen LogP contribution in [0.5, 0.6) is 0 Å². The lowest BCUT2D eigenvalue weighted by Gasteiger charge is -2.28. The second-order valence-corrected chi connectivity index (χ2v) is 14.2. The lowest BCUT2D eigenvalue weighted by Crippen LogP contribution is -2.17. The number of hydrogen-bond acceptors (Lipinski definition) is 1. The number of anilines is 2. The molecule has 10 rings (SSSR count). The molecule has 0 atom stereocenters. The van der Waals surface area contributed by atoms with Crippen molar-refractivity contribution < 1.29 is 0 Å². The highest BCUT2D eigenvalue weighted by atomic mass is 15.1. The molecule has 2 nitrogen and oxygen atoms in total. The van der Waals surface area contributed by atoms with E-state index in [0.29, 0.717) is 6.54 Å². The summed E-state index contributed by atoms with van der Waals surface area (Å²) in [7, 11) is 0. The monoisotopic (exact) mass is 702 g/mol. The minimum absolute atomic E-state index is 0.705. The Morgan fingerprint density at radius 3 is 1.65 bits per heavy atom. The summed E-state index contributed by atoms with van der Waals surface area (Å²) in [5.41, 5.74) is 14.4. The van der Waals surface area contributed by atoms with Crippen LogP contribution in [0.25, 0.3) is 71.6 Å². The number of benzene rings is 9. The zero-order valence-electron chi connectivity index (χ0n) is 30.4. The predicted octanol–water partition coefficient (Wildman–Crippen LogP) is 14.3. The Labute approximate surface area is 321 Å². The number of nitrogens with zero attached hydrogens (tertiary/aromatic N) is 2. The molecule has 0 spiro atoms. The third-order valence-electron chi connectivity index (χ3n) is 10.9. The Hall–Kier alpha value is -7.16. The van der Waals surface area contributed by atoms with Crippen molar-refractivity contribution in [3.8, 4) is 39.1 Å². The van der Waals surface area contributed by atoms with Crippen LogP contribution in [-0.4, -0.2) is 4.57 Å². The van der Waals surface area contributed by atoms with Gasteiger partial charge in [0.1, 0.15) is 0 Å². The first-order chi connectivity index (χ1) is 27.3. The van der Waals surface area contributed by atoms with E-state index in [-0.39, 0.29) is 0 Å². The summed E-state index contributed by atoms with van der Waals surface area (Å²) >= 11 is 0. The molecule has 0 bridgehead atoms. The second kappa shape index (κ2) is 14.0. The number of fused-ring (bicyclic) bond motifs is 4. The van der Waals surface area contributed by atoms with Gasteiger partial charge in [0.05, 0.1) is 11.0 Å². The van der Waals surface area contributed by atoms with Gasteiger partial charge >= 0.3 is 0 Å². The maximum Gasteiger partial charge on any atom is 0.0547 e. The number of aromatic nitrogens is 1. The largest absolute Gasteiger partial charge is 0.336 e. The quantitative estimate of drug-likeness (QED) is 0.153. The molecule has 0 radical (unpaired) electrons. The van der Waals surface area contributed by atoms with Gasteiger partial charge in [-0.05, 0) is 86.8 Å². The molecule has 2 heteroatoms. The molecule has 10 aromatic rings. The van der Waals surface area contributed by atoms with Crippen molar-refractivity contribution in [1.29, 1.82) is 0 Å². The van der Waals surface area contributed by atoms with Gasteiger partial charge in [-0.15, -0.1) is 0 Å². The van der Waals surface area contributed by atoms with Crippen molar-refractivity contribution >= 4 is 44.0 Å². The molecule has 0 aliphatic rings. The summed E-state index contributed by atoms with van der Waals surface area (Å²) in [5, 5.41) is 4.97. The van der Waals surface area contributed by atoms with Gasteiger partial charge in [-0.25, -0.2) is 0 Å². The second-order valence-electron chi connectivity index (χ2n) is 14.2. The minimum atomic E-state index is 0.705. The van der Waals surface area contributed by atoms with Crippen LogP contribution < -0.4 is 4.90 Å². The van der Waals surface area contributed by atoms with Crippen molar-refractivity contribution in [1.82, 2.24) is 4.57 Å². The fourth-order valence-corrected chi connectivity index (χ4v) is 8.18. The molecule has 0 aliphatic heterocycles. The summed E-state index contributed by atoms with van der Waals surface area (Å²) < 4.78 is 2.42. The summed E-state index contributed by atoms with van der Waals surface area (Å²) in [6.45, 7) is 0.705. The molecule has 0 unspecified atom stereocenters. The zero-order chi connectivity index (χ0) is 36.6. The summed E-state index contributed by atoms with van der Waals surface area (Å²) in [5.74, 6) is 0. The molecule has 0 amide bonds. The number of para-hydroxylation sites is 1. The lowest BCUT2D eigenvalue weighted by molar-refractivity contribution is 0.982. The fraction of sp³-hybridized carbons (Fsp3) is 0.0189. The third kappa shape index (κ3) is 6.04. The summed E-state index contributed by atoms with van der Waals surface area (Å²) in [6, 6.07) is 79.2. The van der Waals surface area contributed by atoms with Crippen molar-refractivity contribution in [3.63, 3.8) is 0 Å². The average Bonchev–Trinajstić information content (AvgIpc) is 3.60. The van der Waals surface area contributed by atoms with Gasteiger partial charge in [0.2, 0.25) is 0 Å². The first kappa shape index (κ1) is 32.5. The highest BCUT2D eigenvalue weighted by Crippen LogP contribution is 2.39. The van der Waals surface area contributed by atoms with Crippen LogP contribution in [-0.2, 0) is 6.54 Å². The molecule has 1 aromatic heterocycles. The standard InChI is InChI=1S/C53H38N2/c1-3-14-38(15-4-1)40-26-31-45(32-27-40)54(51-25-13-20-42-18-7-10-22-48(42)51)37-44-19-8-9-21-47(44)43-30-35-50-49-23-11-12-24-52(49)55(53(50)36-43)46-33-28-41(29-34-46)39-16-5-2-6-17-39/h1-36H,37H2. The van der Waals surface area contributed by atoms with E-state index in [9.17, 15) is 0 Å². The average molecular weight is 703 g/mol. The van der Waals surface area contributed by atoms with Crippen LogP contribution in [0.3, 0.4) is 0 Å². The van der Waals surface area contributed by atoms with E-state index in [4.69, 9.17) is 0 Å². The number of hydrogen-bond donors (Lipinski definition) is 0. The summed E-state index contributed by atoms with van der Waals surface area (Å²) in [4.78, 5) is 2.47. The predicted molar refractivity (Wildman–Crippen MR) is 233 cm³/mol. The minimum Gasteiger partial charge on any atom is -0.336 e. The topological polar surface area (TPSA) is 8.17 Å². The van der Waals surface area contributed by atoms with E-state index in [1.807, 2.05) is 0 Å². The molecular weight excluding hydrogens is 665 g/mol. The van der Waals surface area contributed by atoms with Gasteiger partial charge in [0, 0.05) is 39.8 Å². The maximum absolute atomic E-state index is 2.47. The number of rotatable bonds is 8. The highest BCUT2D eigenvalue weighted by Gasteiger charge is 2.18. The molecule has 1 heterocycles. The molecule has 0 aliphatic carbocycles. The normalized spacial score (nSPS) is 11.3. The molecule has 55 heavy (non-hydrogen) atoms. The zero-order valence-corrected chi connectivity index (χ0v) is 30.4. The SMILES string of the molecule is c1ccc(-c2ccc(N(Cc3ccccc3-c3ccc4c5ccccc5n(-c5ccc(-c6ccccc6)cc5)c4c3)c3cccc4ccccc34)cc2)cc1. The smallest absolute Gasteiger partial charge is 0.0547 e. The van der Waals surface area contributed by atoms with E-state index in [1.54, 1.807) is 0 Å². The van der Waals surface area contributed by atoms with E-state index < -0.39 is 0 Å². The first-order valence-corrected chi connectivity index (χ1v) is 19.0. The highest BCUT2D eigenvalue weighted by molar-refractivity contribution is 6.10. The third-order valence-corrected chi connectivity index (χ3v) is 10.9. The van der Waals surface area contributed by atoms with E-state index in [0.717, 1.165) is 11.4 Å². The maximum atomic E-state index is 2.47. The Bertz CT molecular complexity index is 2920. The molecule has 0 N–H and O–H groups in total. The Kier molecular flexibility index (Phi) is 8.27. The fourth-order valence-electron chi connectivity index (χ4n) is 8.18. The molecule has 0 fully saturated rings. The van der Waals surface area contributed by atoms with E-state index in [1.165, 1.54) is 77.2 Å². The van der Waals surface area contributed by atoms with Crippen molar-refractivity contribution in [3.05, 3.63) is 224 Å². The molecule has 9 aromatic carbocycles. The summed E-state index contributed by atoms with van der Waals surface area (Å²) in [6.07, 6.45) is 0. The Balaban J connectivity index is 1.09. The van der Waals surface area contributed by atoms with E-state index >= 15 is 0 Å². The van der Waals surface area contributed by atoms with Crippen molar-refractivity contribution in [2.24, 2.45) is 0 Å². The van der Waals surface area contributed by atoms with Gasteiger partial charge in [0.25, 0.3) is 0 Å². The molecular formula is C53H38N2. The van der Waals surface area contributed by atoms with Crippen molar-refractivity contribution in [2.75, 3.05) is 4.90 Å². The van der Waals surface area contributed by atoms with Crippen LogP contribution in [0.1, 0.15) is 5.56 Å².